The molecule has 18 heavy (non-hydrogen) atoms. The zero-order valence-electron chi connectivity index (χ0n) is 10.3. The molecular weight excluding hydrogens is 234 g/mol. The van der Waals surface area contributed by atoms with Gasteiger partial charge in [-0.15, -0.1) is 0 Å². The summed E-state index contributed by atoms with van der Waals surface area (Å²) in [4.78, 5) is 10.5. The number of hydrogen-bond donors (Lipinski definition) is 2. The molecule has 0 saturated carbocycles. The number of oxime groups is 1. The number of aromatic nitrogens is 2. The van der Waals surface area contributed by atoms with Crippen LogP contribution < -0.4 is 10.6 Å². The highest BCUT2D eigenvalue weighted by atomic mass is 16.5. The fraction of sp³-hybridized carbons (Fsp3) is 0.545. The van der Waals surface area contributed by atoms with Crippen molar-refractivity contribution in [3.05, 3.63) is 18.0 Å². The van der Waals surface area contributed by atoms with Gasteiger partial charge in [0.1, 0.15) is 5.69 Å². The van der Waals surface area contributed by atoms with E-state index in [0.29, 0.717) is 18.2 Å². The lowest BCUT2D eigenvalue weighted by Crippen LogP contribution is -2.43. The second-order valence-electron chi connectivity index (χ2n) is 4.07. The Morgan fingerprint density at radius 3 is 3.28 bits per heavy atom. The summed E-state index contributed by atoms with van der Waals surface area (Å²) in [6.07, 6.45) is 2.76. The number of ether oxygens (including phenoxy) is 1. The fourth-order valence-electron chi connectivity index (χ4n) is 1.84. The van der Waals surface area contributed by atoms with Gasteiger partial charge in [-0.25, -0.2) is 9.97 Å². The smallest absolute Gasteiger partial charge is 0.226 e. The van der Waals surface area contributed by atoms with Crippen LogP contribution in [-0.2, 0) is 4.74 Å². The first-order chi connectivity index (χ1) is 8.74. The number of amidine groups is 1. The van der Waals surface area contributed by atoms with Crippen LogP contribution in [0.15, 0.2) is 17.4 Å². The summed E-state index contributed by atoms with van der Waals surface area (Å²) in [5, 5.41) is 11.6. The third-order valence-corrected chi connectivity index (χ3v) is 2.89. The average molecular weight is 251 g/mol. The molecule has 3 N–H and O–H groups in total. The normalized spacial score (nSPS) is 21.1. The van der Waals surface area contributed by atoms with Gasteiger partial charge < -0.3 is 20.6 Å². The quantitative estimate of drug-likeness (QED) is 0.344. The fourth-order valence-corrected chi connectivity index (χ4v) is 1.84. The molecule has 0 bridgehead atoms. The molecule has 1 saturated heterocycles. The summed E-state index contributed by atoms with van der Waals surface area (Å²) < 4.78 is 5.59. The van der Waals surface area contributed by atoms with E-state index in [2.05, 4.69) is 22.0 Å². The van der Waals surface area contributed by atoms with E-state index in [0.717, 1.165) is 19.5 Å². The minimum absolute atomic E-state index is 0.0149. The molecule has 2 heterocycles. The van der Waals surface area contributed by atoms with Gasteiger partial charge >= 0.3 is 0 Å². The lowest BCUT2D eigenvalue weighted by molar-refractivity contribution is 0.0379. The monoisotopic (exact) mass is 251 g/mol. The Morgan fingerprint density at radius 2 is 2.56 bits per heavy atom. The molecule has 1 aliphatic rings. The van der Waals surface area contributed by atoms with Crippen molar-refractivity contribution in [1.82, 2.24) is 9.97 Å². The molecule has 2 rings (SSSR count). The molecule has 0 amide bonds. The molecule has 7 nitrogen and oxygen atoms in total. The molecule has 1 aromatic heterocycles. The number of morpholine rings is 1. The van der Waals surface area contributed by atoms with Crippen LogP contribution in [0.5, 0.6) is 0 Å². The Hall–Kier alpha value is -1.89. The summed E-state index contributed by atoms with van der Waals surface area (Å²) in [6.45, 7) is 4.25. The Morgan fingerprint density at radius 1 is 1.72 bits per heavy atom. The molecule has 1 atom stereocenters. The van der Waals surface area contributed by atoms with Crippen molar-refractivity contribution in [3.8, 4) is 0 Å². The van der Waals surface area contributed by atoms with Crippen LogP contribution >= 0.6 is 0 Å². The molecule has 1 unspecified atom stereocenters. The highest BCUT2D eigenvalue weighted by molar-refractivity contribution is 5.95. The summed E-state index contributed by atoms with van der Waals surface area (Å²) >= 11 is 0. The van der Waals surface area contributed by atoms with Crippen molar-refractivity contribution >= 4 is 11.8 Å². The predicted molar refractivity (Wildman–Crippen MR) is 66.8 cm³/mol. The zero-order chi connectivity index (χ0) is 13.0. The van der Waals surface area contributed by atoms with Crippen LogP contribution in [0, 0.1) is 0 Å². The van der Waals surface area contributed by atoms with Gasteiger partial charge in [-0.05, 0) is 12.5 Å². The van der Waals surface area contributed by atoms with E-state index < -0.39 is 0 Å². The van der Waals surface area contributed by atoms with Gasteiger partial charge in [-0.2, -0.15) is 0 Å². The molecule has 0 aromatic carbocycles. The number of rotatable bonds is 3. The van der Waals surface area contributed by atoms with Gasteiger partial charge in [0.05, 0.1) is 12.7 Å². The summed E-state index contributed by atoms with van der Waals surface area (Å²) in [6, 6.07) is 1.61. The maximum Gasteiger partial charge on any atom is 0.226 e. The van der Waals surface area contributed by atoms with Crippen molar-refractivity contribution in [2.75, 3.05) is 24.6 Å². The minimum Gasteiger partial charge on any atom is -0.409 e. The van der Waals surface area contributed by atoms with Crippen LogP contribution in [0.25, 0.3) is 0 Å². The first kappa shape index (κ1) is 12.6. The highest BCUT2D eigenvalue weighted by Crippen LogP contribution is 2.14. The van der Waals surface area contributed by atoms with E-state index in [1.807, 2.05) is 4.90 Å². The van der Waals surface area contributed by atoms with Crippen LogP contribution in [0.1, 0.15) is 19.0 Å². The van der Waals surface area contributed by atoms with E-state index in [4.69, 9.17) is 15.7 Å². The van der Waals surface area contributed by atoms with E-state index >= 15 is 0 Å². The van der Waals surface area contributed by atoms with E-state index in [1.54, 1.807) is 12.3 Å². The first-order valence-corrected chi connectivity index (χ1v) is 5.92. The van der Waals surface area contributed by atoms with Gasteiger partial charge in [0, 0.05) is 19.3 Å². The predicted octanol–water partition coefficient (Wildman–Crippen LogP) is 0.186. The van der Waals surface area contributed by atoms with Crippen LogP contribution in [0.3, 0.4) is 0 Å². The summed E-state index contributed by atoms with van der Waals surface area (Å²) in [5.41, 5.74) is 5.93. The van der Waals surface area contributed by atoms with Crippen molar-refractivity contribution in [3.63, 3.8) is 0 Å². The molecule has 7 heteroatoms. The molecule has 1 fully saturated rings. The molecule has 0 spiro atoms. The lowest BCUT2D eigenvalue weighted by Gasteiger charge is -2.32. The molecule has 1 aliphatic heterocycles. The second-order valence-corrected chi connectivity index (χ2v) is 4.07. The van der Waals surface area contributed by atoms with Gasteiger partial charge in [-0.1, -0.05) is 12.1 Å². The molecule has 0 radical (unpaired) electrons. The number of nitrogens with two attached hydrogens (primary N) is 1. The third-order valence-electron chi connectivity index (χ3n) is 2.89. The zero-order valence-corrected chi connectivity index (χ0v) is 10.3. The van der Waals surface area contributed by atoms with Crippen molar-refractivity contribution in [2.24, 2.45) is 10.9 Å². The number of anilines is 1. The Bertz CT molecular complexity index is 437. The largest absolute Gasteiger partial charge is 0.409 e. The molecular formula is C11H17N5O2. The van der Waals surface area contributed by atoms with E-state index in [1.165, 1.54) is 0 Å². The average Bonchev–Trinajstić information content (AvgIpc) is 2.46. The standard InChI is InChI=1S/C11H17N5O2/c1-2-8-7-16(5-6-18-8)11-13-4-3-9(14-11)10(12)15-17/h3-4,8,17H,2,5-7H2,1H3,(H2,12,15). The SMILES string of the molecule is CCC1CN(c2nccc(/C(N)=N/O)n2)CCO1. The highest BCUT2D eigenvalue weighted by Gasteiger charge is 2.21. The summed E-state index contributed by atoms with van der Waals surface area (Å²) in [7, 11) is 0. The summed E-state index contributed by atoms with van der Waals surface area (Å²) in [5.74, 6) is 0.569. The van der Waals surface area contributed by atoms with E-state index in [-0.39, 0.29) is 11.9 Å². The minimum atomic E-state index is -0.0149. The lowest BCUT2D eigenvalue weighted by atomic mass is 10.2. The van der Waals surface area contributed by atoms with Crippen LogP contribution in [-0.4, -0.2) is 46.8 Å². The number of hydrogen-bond acceptors (Lipinski definition) is 6. The van der Waals surface area contributed by atoms with Crippen molar-refractivity contribution < 1.29 is 9.94 Å². The van der Waals surface area contributed by atoms with Crippen LogP contribution in [0.2, 0.25) is 0 Å². The maximum absolute atomic E-state index is 8.64. The first-order valence-electron chi connectivity index (χ1n) is 5.92. The molecule has 98 valence electrons. The maximum atomic E-state index is 8.64. The molecule has 0 aliphatic carbocycles. The number of nitrogens with zero attached hydrogens (tertiary/aromatic N) is 4. The second kappa shape index (κ2) is 5.63. The van der Waals surface area contributed by atoms with Gasteiger partial charge in [0.25, 0.3) is 0 Å². The molecule has 1 aromatic rings. The van der Waals surface area contributed by atoms with Crippen LogP contribution in [0.4, 0.5) is 5.95 Å². The van der Waals surface area contributed by atoms with Crippen molar-refractivity contribution in [1.29, 1.82) is 0 Å². The van der Waals surface area contributed by atoms with E-state index in [9.17, 15) is 0 Å². The Labute approximate surface area is 105 Å². The van der Waals surface area contributed by atoms with Gasteiger partial charge in [-0.3, -0.25) is 0 Å². The Balaban J connectivity index is 2.17. The van der Waals surface area contributed by atoms with Gasteiger partial charge in [0.2, 0.25) is 5.95 Å². The third kappa shape index (κ3) is 2.67. The van der Waals surface area contributed by atoms with Crippen molar-refractivity contribution in [2.45, 2.75) is 19.4 Å². The Kier molecular flexibility index (Phi) is 3.93. The van der Waals surface area contributed by atoms with Gasteiger partial charge in [0.15, 0.2) is 5.84 Å². The topological polar surface area (TPSA) is 96.9 Å².